The number of thiol groups is 1. The van der Waals surface area contributed by atoms with Gasteiger partial charge in [0, 0.05) is 3.57 Å². The molecule has 3 aromatic rings. The lowest BCUT2D eigenvalue weighted by molar-refractivity contribution is -0.137. The number of halogens is 4. The van der Waals surface area contributed by atoms with Crippen molar-refractivity contribution in [2.45, 2.75) is 27.8 Å². The Morgan fingerprint density at radius 3 is 1.52 bits per heavy atom. The molecule has 0 amide bonds. The first kappa shape index (κ1) is 18.3. The van der Waals surface area contributed by atoms with E-state index in [1.165, 1.54) is 12.1 Å². The largest absolute Gasteiger partial charge is 0.416 e. The molecule has 1 unspecified atom stereocenters. The average Bonchev–Trinajstić information content (AvgIpc) is 2.58. The summed E-state index contributed by atoms with van der Waals surface area (Å²) in [6.45, 7) is 2.02. The number of hydrogen-bond donors (Lipinski definition) is 1. The summed E-state index contributed by atoms with van der Waals surface area (Å²) in [5, 5.41) is 0. The Bertz CT molecular complexity index is 793. The summed E-state index contributed by atoms with van der Waals surface area (Å²) in [6, 6.07) is 22.0. The van der Waals surface area contributed by atoms with Crippen LogP contribution in [0, 0.1) is 10.5 Å². The maximum absolute atomic E-state index is 12.9. The molecule has 0 N–H and O–H groups in total. The molecule has 130 valence electrons. The van der Waals surface area contributed by atoms with Crippen LogP contribution >= 0.6 is 33.5 Å². The van der Waals surface area contributed by atoms with Gasteiger partial charge in [0.1, 0.15) is 0 Å². The highest BCUT2D eigenvalue weighted by molar-refractivity contribution is 14.1. The Hall–Kier alpha value is -1.47. The lowest BCUT2D eigenvalue weighted by atomic mass is 10.2. The van der Waals surface area contributed by atoms with E-state index in [1.807, 2.05) is 31.2 Å². The van der Waals surface area contributed by atoms with Crippen LogP contribution in [0.25, 0.3) is 0 Å². The summed E-state index contributed by atoms with van der Waals surface area (Å²) in [4.78, 5) is 3.16. The van der Waals surface area contributed by atoms with Crippen molar-refractivity contribution >= 4 is 33.5 Å². The summed E-state index contributed by atoms with van der Waals surface area (Å²) < 4.78 is 39.7. The third kappa shape index (κ3) is 4.39. The Morgan fingerprint density at radius 2 is 1.08 bits per heavy atom. The number of aryl methyl sites for hydroxylation is 1. The topological polar surface area (TPSA) is 0 Å². The summed E-state index contributed by atoms with van der Waals surface area (Å²) in [6.07, 6.45) is -4.31. The van der Waals surface area contributed by atoms with Crippen molar-refractivity contribution in [2.24, 2.45) is 0 Å². The van der Waals surface area contributed by atoms with Gasteiger partial charge in [-0.05, 0) is 105 Å². The number of hydrogen-bond acceptors (Lipinski definition) is 0. The summed E-state index contributed by atoms with van der Waals surface area (Å²) in [7, 11) is -0.890. The molecule has 0 bridgehead atoms. The van der Waals surface area contributed by atoms with E-state index in [1.54, 1.807) is 12.1 Å². The number of rotatable bonds is 3. The number of alkyl halides is 3. The minimum atomic E-state index is -4.31. The lowest BCUT2D eigenvalue weighted by Crippen LogP contribution is -2.04. The SMILES string of the molecule is Cc1ccc([SH](c2ccc(I)cc2)c2ccc(C(F)(F)F)cc2)cc1. The smallest absolute Gasteiger partial charge is 0.173 e. The fourth-order valence-electron chi connectivity index (χ4n) is 2.53. The Kier molecular flexibility index (Phi) is 5.43. The molecule has 25 heavy (non-hydrogen) atoms. The molecule has 5 heteroatoms. The van der Waals surface area contributed by atoms with Gasteiger partial charge in [0.05, 0.1) is 5.56 Å². The van der Waals surface area contributed by atoms with Crippen molar-refractivity contribution in [3.8, 4) is 0 Å². The highest BCUT2D eigenvalue weighted by Crippen LogP contribution is 2.51. The van der Waals surface area contributed by atoms with Crippen LogP contribution < -0.4 is 0 Å². The van der Waals surface area contributed by atoms with Gasteiger partial charge in [-0.3, -0.25) is 0 Å². The fraction of sp³-hybridized carbons (Fsp3) is 0.100. The first-order valence-electron chi connectivity index (χ1n) is 7.64. The Labute approximate surface area is 161 Å². The van der Waals surface area contributed by atoms with Crippen LogP contribution in [0.15, 0.2) is 87.5 Å². The Balaban J connectivity index is 2.07. The van der Waals surface area contributed by atoms with E-state index in [9.17, 15) is 13.2 Å². The molecule has 0 saturated heterocycles. The van der Waals surface area contributed by atoms with E-state index < -0.39 is 22.6 Å². The maximum Gasteiger partial charge on any atom is 0.416 e. The zero-order chi connectivity index (χ0) is 18.0. The Morgan fingerprint density at radius 1 is 0.680 bits per heavy atom. The van der Waals surface area contributed by atoms with Crippen molar-refractivity contribution in [3.63, 3.8) is 0 Å². The first-order chi connectivity index (χ1) is 11.8. The van der Waals surface area contributed by atoms with Crippen LogP contribution in [0.2, 0.25) is 0 Å². The van der Waals surface area contributed by atoms with Crippen molar-refractivity contribution in [1.29, 1.82) is 0 Å². The predicted octanol–water partition coefficient (Wildman–Crippen LogP) is 7.10. The van der Waals surface area contributed by atoms with Crippen LogP contribution in [0.3, 0.4) is 0 Å². The second-order valence-corrected chi connectivity index (χ2v) is 9.16. The number of benzene rings is 3. The van der Waals surface area contributed by atoms with Gasteiger partial charge in [-0.2, -0.15) is 24.1 Å². The zero-order valence-electron chi connectivity index (χ0n) is 13.4. The van der Waals surface area contributed by atoms with Crippen LogP contribution in [0.4, 0.5) is 13.2 Å². The zero-order valence-corrected chi connectivity index (χ0v) is 16.4. The molecule has 0 aliphatic carbocycles. The molecular weight excluding hydrogens is 456 g/mol. The lowest BCUT2D eigenvalue weighted by Gasteiger charge is -2.24. The molecule has 0 radical (unpaired) electrons. The monoisotopic (exact) mass is 472 g/mol. The second-order valence-electron chi connectivity index (χ2n) is 5.69. The average molecular weight is 472 g/mol. The van der Waals surface area contributed by atoms with Gasteiger partial charge in [0.15, 0.2) is 0 Å². The summed E-state index contributed by atoms with van der Waals surface area (Å²) >= 11 is 2.25. The van der Waals surface area contributed by atoms with E-state index in [2.05, 4.69) is 46.9 Å². The van der Waals surface area contributed by atoms with Crippen molar-refractivity contribution < 1.29 is 13.2 Å². The van der Waals surface area contributed by atoms with Crippen LogP contribution in [0.1, 0.15) is 11.1 Å². The molecule has 1 atom stereocenters. The second kappa shape index (κ2) is 7.41. The minimum absolute atomic E-state index is 0.613. The summed E-state index contributed by atoms with van der Waals surface area (Å²) in [5.41, 5.74) is 0.548. The highest BCUT2D eigenvalue weighted by Gasteiger charge is 2.30. The molecule has 0 saturated carbocycles. The highest BCUT2D eigenvalue weighted by atomic mass is 127. The molecule has 0 fully saturated rings. The third-order valence-corrected chi connectivity index (χ3v) is 6.99. The molecule has 3 aromatic carbocycles. The molecule has 0 aliphatic rings. The first-order valence-corrected chi connectivity index (χ1v) is 10.1. The minimum Gasteiger partial charge on any atom is -0.173 e. The normalized spacial score (nSPS) is 13.6. The van der Waals surface area contributed by atoms with Gasteiger partial charge in [-0.15, -0.1) is 0 Å². The van der Waals surface area contributed by atoms with Gasteiger partial charge >= 0.3 is 6.18 Å². The molecule has 0 heterocycles. The van der Waals surface area contributed by atoms with E-state index >= 15 is 0 Å². The molecule has 0 spiro atoms. The van der Waals surface area contributed by atoms with Crippen molar-refractivity contribution in [1.82, 2.24) is 0 Å². The van der Waals surface area contributed by atoms with Crippen LogP contribution in [-0.4, -0.2) is 0 Å². The molecule has 0 aromatic heterocycles. The van der Waals surface area contributed by atoms with Gasteiger partial charge < -0.3 is 0 Å². The van der Waals surface area contributed by atoms with Crippen molar-refractivity contribution in [3.05, 3.63) is 87.5 Å². The van der Waals surface area contributed by atoms with Crippen LogP contribution in [0.5, 0.6) is 0 Å². The molecule has 0 aliphatic heterocycles. The molecule has 3 rings (SSSR count). The van der Waals surface area contributed by atoms with E-state index in [0.717, 1.165) is 23.8 Å². The quantitative estimate of drug-likeness (QED) is 0.305. The van der Waals surface area contributed by atoms with E-state index in [-0.39, 0.29) is 0 Å². The third-order valence-electron chi connectivity index (χ3n) is 3.83. The van der Waals surface area contributed by atoms with Crippen LogP contribution in [-0.2, 0) is 6.18 Å². The van der Waals surface area contributed by atoms with E-state index in [4.69, 9.17) is 0 Å². The maximum atomic E-state index is 12.9. The summed E-state index contributed by atoms with van der Waals surface area (Å²) in [5.74, 6) is 0. The fourth-order valence-corrected chi connectivity index (χ4v) is 5.13. The molecule has 0 nitrogen and oxygen atoms in total. The van der Waals surface area contributed by atoms with Gasteiger partial charge in [-0.1, -0.05) is 17.7 Å². The predicted molar refractivity (Wildman–Crippen MR) is 106 cm³/mol. The van der Waals surface area contributed by atoms with Crippen molar-refractivity contribution in [2.75, 3.05) is 0 Å². The molecular formula is C20H16F3IS. The van der Waals surface area contributed by atoms with Gasteiger partial charge in [0.2, 0.25) is 0 Å². The van der Waals surface area contributed by atoms with Gasteiger partial charge in [0.25, 0.3) is 0 Å². The standard InChI is InChI=1S/C20H16F3IS/c1-14-2-8-17(9-3-14)25(19-12-6-16(24)7-13-19)18-10-4-15(5-11-18)20(21,22)23/h2-13,25H,1H3. The van der Waals surface area contributed by atoms with E-state index in [0.29, 0.717) is 0 Å². The van der Waals surface area contributed by atoms with Gasteiger partial charge in [-0.25, -0.2) is 0 Å².